The Kier molecular flexibility index (Phi) is 1.94. The van der Waals surface area contributed by atoms with E-state index >= 15 is 0 Å². The Morgan fingerprint density at radius 2 is 1.69 bits per heavy atom. The van der Waals surface area contributed by atoms with Crippen LogP contribution >= 0.6 is 0 Å². The molecule has 4 saturated carbocycles. The molecule has 4 aliphatic carbocycles. The molecule has 4 rings (SSSR count). The number of hydrogen-bond acceptors (Lipinski definition) is 2. The number of fused-ring (bicyclic) bond motifs is 2. The van der Waals surface area contributed by atoms with Gasteiger partial charge in [0.05, 0.1) is 5.41 Å². The number of ketones is 2. The summed E-state index contributed by atoms with van der Waals surface area (Å²) in [5, 5.41) is 0. The number of carbonyl (C=O) groups is 2. The van der Waals surface area contributed by atoms with E-state index in [0.717, 1.165) is 19.3 Å². The van der Waals surface area contributed by atoms with Crippen molar-refractivity contribution in [2.75, 3.05) is 0 Å². The minimum absolute atomic E-state index is 0.261. The number of carbonyl (C=O) groups excluding carboxylic acids is 2. The van der Waals surface area contributed by atoms with Crippen LogP contribution in [0.25, 0.3) is 0 Å². The molecule has 2 nitrogen and oxygen atoms in total. The SMILES string of the molecule is CC1(C)CC(=O)C2(CC3CCC2CC3)C1=O. The summed E-state index contributed by atoms with van der Waals surface area (Å²) in [5.41, 5.74) is -0.931. The molecule has 0 N–H and O–H groups in total. The second kappa shape index (κ2) is 2.96. The fraction of sp³-hybridized carbons (Fsp3) is 0.857. The van der Waals surface area contributed by atoms with Gasteiger partial charge in [-0.3, -0.25) is 9.59 Å². The zero-order chi connectivity index (χ0) is 11.6. The molecule has 0 aromatic carbocycles. The minimum Gasteiger partial charge on any atom is -0.299 e. The van der Waals surface area contributed by atoms with E-state index in [2.05, 4.69) is 0 Å². The first-order chi connectivity index (χ1) is 7.47. The first kappa shape index (κ1) is 10.5. The first-order valence-corrected chi connectivity index (χ1v) is 6.55. The highest BCUT2D eigenvalue weighted by Crippen LogP contribution is 2.60. The van der Waals surface area contributed by atoms with E-state index in [1.54, 1.807) is 0 Å². The molecule has 4 fully saturated rings. The van der Waals surface area contributed by atoms with E-state index in [-0.39, 0.29) is 11.6 Å². The van der Waals surface area contributed by atoms with Crippen molar-refractivity contribution >= 4 is 11.6 Å². The van der Waals surface area contributed by atoms with Crippen molar-refractivity contribution in [3.05, 3.63) is 0 Å². The highest BCUT2D eigenvalue weighted by atomic mass is 16.2. The Labute approximate surface area is 96.8 Å². The van der Waals surface area contributed by atoms with Crippen molar-refractivity contribution in [2.24, 2.45) is 22.7 Å². The predicted molar refractivity (Wildman–Crippen MR) is 60.9 cm³/mol. The molecular formula is C14H20O2. The quantitative estimate of drug-likeness (QED) is 0.588. The summed E-state index contributed by atoms with van der Waals surface area (Å²) < 4.78 is 0. The van der Waals surface area contributed by atoms with Crippen LogP contribution in [0.1, 0.15) is 52.4 Å². The Balaban J connectivity index is 2.05. The molecule has 2 heteroatoms. The molecule has 1 unspecified atom stereocenters. The maximum absolute atomic E-state index is 12.6. The highest BCUT2D eigenvalue weighted by Gasteiger charge is 2.64. The molecule has 2 bridgehead atoms. The second-order valence-corrected chi connectivity index (χ2v) is 6.71. The fourth-order valence-electron chi connectivity index (χ4n) is 4.47. The van der Waals surface area contributed by atoms with Crippen LogP contribution in [0.2, 0.25) is 0 Å². The molecule has 4 aliphatic rings. The van der Waals surface area contributed by atoms with Crippen molar-refractivity contribution in [1.82, 2.24) is 0 Å². The van der Waals surface area contributed by atoms with E-state index in [9.17, 15) is 9.59 Å². The summed E-state index contributed by atoms with van der Waals surface area (Å²) >= 11 is 0. The third-order valence-corrected chi connectivity index (χ3v) is 5.27. The lowest BCUT2D eigenvalue weighted by Crippen LogP contribution is -2.50. The molecule has 88 valence electrons. The predicted octanol–water partition coefficient (Wildman–Crippen LogP) is 2.75. The smallest absolute Gasteiger partial charge is 0.152 e. The van der Waals surface area contributed by atoms with Crippen molar-refractivity contribution < 1.29 is 9.59 Å². The van der Waals surface area contributed by atoms with Gasteiger partial charge in [0.1, 0.15) is 5.78 Å². The van der Waals surface area contributed by atoms with Gasteiger partial charge in [-0.05, 0) is 31.1 Å². The van der Waals surface area contributed by atoms with Gasteiger partial charge in [-0.1, -0.05) is 26.7 Å². The first-order valence-electron chi connectivity index (χ1n) is 6.55. The number of rotatable bonds is 0. The maximum Gasteiger partial charge on any atom is 0.152 e. The molecule has 16 heavy (non-hydrogen) atoms. The molecule has 0 aromatic heterocycles. The Morgan fingerprint density at radius 1 is 1.06 bits per heavy atom. The van der Waals surface area contributed by atoms with Crippen LogP contribution in [-0.2, 0) is 9.59 Å². The lowest BCUT2D eigenvalue weighted by molar-refractivity contribution is -0.148. The van der Waals surface area contributed by atoms with Crippen molar-refractivity contribution in [3.8, 4) is 0 Å². The van der Waals surface area contributed by atoms with Gasteiger partial charge < -0.3 is 0 Å². The van der Waals surface area contributed by atoms with Crippen molar-refractivity contribution in [1.29, 1.82) is 0 Å². The van der Waals surface area contributed by atoms with Gasteiger partial charge in [0.15, 0.2) is 5.78 Å². The normalized spacial score (nSPS) is 45.6. The molecule has 0 saturated heterocycles. The van der Waals surface area contributed by atoms with Crippen LogP contribution in [-0.4, -0.2) is 11.6 Å². The van der Waals surface area contributed by atoms with Crippen LogP contribution < -0.4 is 0 Å². The highest BCUT2D eigenvalue weighted by molar-refractivity contribution is 6.16. The topological polar surface area (TPSA) is 34.1 Å². The molecule has 1 atom stereocenters. The molecule has 1 spiro atoms. The zero-order valence-corrected chi connectivity index (χ0v) is 10.2. The van der Waals surface area contributed by atoms with Gasteiger partial charge in [-0.15, -0.1) is 0 Å². The lowest BCUT2D eigenvalue weighted by Gasteiger charge is -2.48. The fourth-order valence-corrected chi connectivity index (χ4v) is 4.47. The maximum atomic E-state index is 12.6. The van der Waals surface area contributed by atoms with Crippen molar-refractivity contribution in [2.45, 2.75) is 52.4 Å². The van der Waals surface area contributed by atoms with Gasteiger partial charge in [0.2, 0.25) is 0 Å². The molecule has 0 radical (unpaired) electrons. The average Bonchev–Trinajstić information content (AvgIpc) is 2.42. The molecule has 0 heterocycles. The standard InChI is InChI=1S/C14H20O2/c1-13(2)8-11(15)14(12(13)16)7-9-3-5-10(14)6-4-9/h9-10H,3-8H2,1-2H3. The van der Waals surface area contributed by atoms with Crippen LogP contribution in [0, 0.1) is 22.7 Å². The Bertz CT molecular complexity index is 361. The largest absolute Gasteiger partial charge is 0.299 e. The summed E-state index contributed by atoms with van der Waals surface area (Å²) in [5.74, 6) is 1.54. The zero-order valence-electron chi connectivity index (χ0n) is 10.2. The van der Waals surface area contributed by atoms with Crippen LogP contribution in [0.3, 0.4) is 0 Å². The summed E-state index contributed by atoms with van der Waals surface area (Å²) in [6, 6.07) is 0. The summed E-state index contributed by atoms with van der Waals surface area (Å²) in [7, 11) is 0. The van der Waals surface area contributed by atoms with E-state index in [4.69, 9.17) is 0 Å². The van der Waals surface area contributed by atoms with Gasteiger partial charge in [-0.2, -0.15) is 0 Å². The van der Waals surface area contributed by atoms with E-state index in [0.29, 0.717) is 18.3 Å². The van der Waals surface area contributed by atoms with Gasteiger partial charge in [-0.25, -0.2) is 0 Å². The van der Waals surface area contributed by atoms with Crippen LogP contribution in [0.4, 0.5) is 0 Å². The van der Waals surface area contributed by atoms with E-state index in [1.165, 1.54) is 12.8 Å². The van der Waals surface area contributed by atoms with E-state index < -0.39 is 10.8 Å². The van der Waals surface area contributed by atoms with E-state index in [1.807, 2.05) is 13.8 Å². The van der Waals surface area contributed by atoms with Gasteiger partial charge in [0.25, 0.3) is 0 Å². The third kappa shape index (κ3) is 1.08. The van der Waals surface area contributed by atoms with Gasteiger partial charge in [0, 0.05) is 11.8 Å². The summed E-state index contributed by atoms with van der Waals surface area (Å²) in [4.78, 5) is 24.9. The van der Waals surface area contributed by atoms with Crippen molar-refractivity contribution in [3.63, 3.8) is 0 Å². The third-order valence-electron chi connectivity index (χ3n) is 5.27. The number of Topliss-reactive ketones (excluding diaryl/α,β-unsaturated/α-hetero) is 2. The van der Waals surface area contributed by atoms with Crippen LogP contribution in [0.5, 0.6) is 0 Å². The Hall–Kier alpha value is -0.660. The number of hydrogen-bond donors (Lipinski definition) is 0. The lowest BCUT2D eigenvalue weighted by atomic mass is 9.54. The molecule has 0 amide bonds. The molecule has 0 aliphatic heterocycles. The summed E-state index contributed by atoms with van der Waals surface area (Å²) in [6.45, 7) is 3.90. The average molecular weight is 220 g/mol. The second-order valence-electron chi connectivity index (χ2n) is 6.71. The monoisotopic (exact) mass is 220 g/mol. The minimum atomic E-state index is -0.537. The Morgan fingerprint density at radius 3 is 2.06 bits per heavy atom. The van der Waals surface area contributed by atoms with Crippen LogP contribution in [0.15, 0.2) is 0 Å². The molecule has 0 aromatic rings. The molecular weight excluding hydrogens is 200 g/mol. The summed E-state index contributed by atoms with van der Waals surface area (Å²) in [6.07, 6.45) is 6.06. The van der Waals surface area contributed by atoms with Gasteiger partial charge >= 0.3 is 0 Å².